The molecule has 176 valence electrons. The average molecular weight is 450 g/mol. The molecule has 1 aliphatic heterocycles. The summed E-state index contributed by atoms with van der Waals surface area (Å²) in [7, 11) is 1.65. The van der Waals surface area contributed by atoms with Gasteiger partial charge in [0.15, 0.2) is 0 Å². The number of urea groups is 1. The monoisotopic (exact) mass is 449 g/mol. The number of nitrogens with one attached hydrogen (secondary N) is 2. The van der Waals surface area contributed by atoms with E-state index in [0.29, 0.717) is 25.4 Å². The minimum Gasteiger partial charge on any atom is -0.497 e. The Morgan fingerprint density at radius 2 is 1.58 bits per heavy atom. The summed E-state index contributed by atoms with van der Waals surface area (Å²) < 4.78 is 5.28. The SMILES string of the molecule is COc1ccc(C(NC(=O)N2CCC(NC(=O)CC3CCCC3)CC2)c2ccccc2)cc1. The number of benzene rings is 2. The zero-order valence-corrected chi connectivity index (χ0v) is 19.5. The molecule has 2 aliphatic rings. The first-order valence-electron chi connectivity index (χ1n) is 12.2. The molecule has 0 aromatic heterocycles. The fraction of sp³-hybridized carbons (Fsp3) is 0.481. The molecule has 1 unspecified atom stereocenters. The van der Waals surface area contributed by atoms with E-state index in [9.17, 15) is 9.59 Å². The van der Waals surface area contributed by atoms with Crippen LogP contribution >= 0.6 is 0 Å². The molecule has 4 rings (SSSR count). The molecule has 2 aromatic rings. The van der Waals surface area contributed by atoms with Crippen LogP contribution in [0.4, 0.5) is 4.79 Å². The number of nitrogens with zero attached hydrogens (tertiary/aromatic N) is 1. The van der Waals surface area contributed by atoms with Gasteiger partial charge in [0.05, 0.1) is 13.2 Å². The topological polar surface area (TPSA) is 70.7 Å². The van der Waals surface area contributed by atoms with Crippen molar-refractivity contribution in [2.45, 2.75) is 57.0 Å². The van der Waals surface area contributed by atoms with E-state index in [1.165, 1.54) is 25.7 Å². The molecule has 3 amide bonds. The molecule has 33 heavy (non-hydrogen) atoms. The van der Waals surface area contributed by atoms with Gasteiger partial charge >= 0.3 is 6.03 Å². The molecular weight excluding hydrogens is 414 g/mol. The quantitative estimate of drug-likeness (QED) is 0.646. The third kappa shape index (κ3) is 6.28. The number of piperidine rings is 1. The third-order valence-corrected chi connectivity index (χ3v) is 6.95. The van der Waals surface area contributed by atoms with Gasteiger partial charge < -0.3 is 20.3 Å². The Morgan fingerprint density at radius 3 is 2.21 bits per heavy atom. The van der Waals surface area contributed by atoms with Crippen molar-refractivity contribution in [3.63, 3.8) is 0 Å². The summed E-state index contributed by atoms with van der Waals surface area (Å²) in [6.45, 7) is 1.29. The molecule has 6 heteroatoms. The van der Waals surface area contributed by atoms with Gasteiger partial charge in [-0.05, 0) is 54.9 Å². The molecule has 1 heterocycles. The molecule has 0 bridgehead atoms. The van der Waals surface area contributed by atoms with Crippen LogP contribution in [-0.4, -0.2) is 43.1 Å². The lowest BCUT2D eigenvalue weighted by molar-refractivity contribution is -0.122. The fourth-order valence-electron chi connectivity index (χ4n) is 5.01. The average Bonchev–Trinajstić information content (AvgIpc) is 3.36. The fourth-order valence-corrected chi connectivity index (χ4v) is 5.01. The van der Waals surface area contributed by atoms with Crippen LogP contribution in [0, 0.1) is 5.92 Å². The lowest BCUT2D eigenvalue weighted by atomic mass is 9.98. The van der Waals surface area contributed by atoms with E-state index in [0.717, 1.165) is 29.7 Å². The molecule has 6 nitrogen and oxygen atoms in total. The highest BCUT2D eigenvalue weighted by atomic mass is 16.5. The summed E-state index contributed by atoms with van der Waals surface area (Å²) in [6, 6.07) is 17.7. The highest BCUT2D eigenvalue weighted by molar-refractivity contribution is 5.77. The van der Waals surface area contributed by atoms with Crippen molar-refractivity contribution >= 4 is 11.9 Å². The maximum Gasteiger partial charge on any atom is 0.318 e. The molecule has 1 aliphatic carbocycles. The van der Waals surface area contributed by atoms with Crippen LogP contribution in [0.5, 0.6) is 5.75 Å². The Bertz CT molecular complexity index is 902. The smallest absolute Gasteiger partial charge is 0.318 e. The number of carbonyl (C=O) groups excluding carboxylic acids is 2. The Balaban J connectivity index is 1.33. The van der Waals surface area contributed by atoms with Gasteiger partial charge in [0.2, 0.25) is 5.91 Å². The van der Waals surface area contributed by atoms with Gasteiger partial charge in [-0.3, -0.25) is 4.79 Å². The standard InChI is InChI=1S/C27H35N3O3/c1-33-24-13-11-22(12-14-24)26(21-9-3-2-4-10-21)29-27(32)30-17-15-23(16-18-30)28-25(31)19-20-7-5-6-8-20/h2-4,9-14,20,23,26H,5-8,15-19H2,1H3,(H,28,31)(H,29,32). The second-order valence-electron chi connectivity index (χ2n) is 9.25. The van der Waals surface area contributed by atoms with Gasteiger partial charge in [0.25, 0.3) is 0 Å². The Labute approximate surface area is 196 Å². The minimum atomic E-state index is -0.242. The number of likely N-dealkylation sites (tertiary alicyclic amines) is 1. The van der Waals surface area contributed by atoms with E-state index < -0.39 is 0 Å². The molecule has 2 N–H and O–H groups in total. The first kappa shape index (κ1) is 23.1. The molecule has 1 saturated heterocycles. The predicted molar refractivity (Wildman–Crippen MR) is 129 cm³/mol. The van der Waals surface area contributed by atoms with E-state index in [1.807, 2.05) is 59.5 Å². The molecule has 1 atom stereocenters. The highest BCUT2D eigenvalue weighted by Crippen LogP contribution is 2.28. The van der Waals surface area contributed by atoms with Crippen molar-refractivity contribution in [1.29, 1.82) is 0 Å². The van der Waals surface area contributed by atoms with Crippen molar-refractivity contribution in [3.05, 3.63) is 65.7 Å². The minimum absolute atomic E-state index is 0.0737. The second-order valence-corrected chi connectivity index (χ2v) is 9.25. The number of hydrogen-bond acceptors (Lipinski definition) is 3. The summed E-state index contributed by atoms with van der Waals surface area (Å²) in [5, 5.41) is 6.42. The van der Waals surface area contributed by atoms with Crippen molar-refractivity contribution in [2.24, 2.45) is 5.92 Å². The molecular formula is C27H35N3O3. The summed E-state index contributed by atoms with van der Waals surface area (Å²) in [5.74, 6) is 1.52. The Morgan fingerprint density at radius 1 is 0.939 bits per heavy atom. The maximum atomic E-state index is 13.1. The van der Waals surface area contributed by atoms with Gasteiger partial charge in [0, 0.05) is 25.6 Å². The van der Waals surface area contributed by atoms with Crippen LogP contribution in [-0.2, 0) is 4.79 Å². The van der Waals surface area contributed by atoms with E-state index in [1.54, 1.807) is 7.11 Å². The van der Waals surface area contributed by atoms with Crippen LogP contribution in [0.15, 0.2) is 54.6 Å². The van der Waals surface area contributed by atoms with Crippen LogP contribution in [0.3, 0.4) is 0 Å². The Kier molecular flexibility index (Phi) is 7.87. The highest BCUT2D eigenvalue weighted by Gasteiger charge is 2.27. The molecule has 2 aromatic carbocycles. The van der Waals surface area contributed by atoms with Crippen molar-refractivity contribution in [1.82, 2.24) is 15.5 Å². The summed E-state index contributed by atoms with van der Waals surface area (Å²) in [5.41, 5.74) is 2.04. The molecule has 2 fully saturated rings. The summed E-state index contributed by atoms with van der Waals surface area (Å²) >= 11 is 0. The second kappa shape index (κ2) is 11.2. The largest absolute Gasteiger partial charge is 0.497 e. The van der Waals surface area contributed by atoms with E-state index >= 15 is 0 Å². The van der Waals surface area contributed by atoms with Crippen molar-refractivity contribution < 1.29 is 14.3 Å². The van der Waals surface area contributed by atoms with Gasteiger partial charge in [-0.1, -0.05) is 55.3 Å². The maximum absolute atomic E-state index is 13.1. The summed E-state index contributed by atoms with van der Waals surface area (Å²) in [4.78, 5) is 27.4. The van der Waals surface area contributed by atoms with E-state index in [-0.39, 0.29) is 24.0 Å². The predicted octanol–water partition coefficient (Wildman–Crippen LogP) is 4.66. The van der Waals surface area contributed by atoms with Crippen molar-refractivity contribution in [3.8, 4) is 5.75 Å². The molecule has 0 radical (unpaired) electrons. The third-order valence-electron chi connectivity index (χ3n) is 6.95. The van der Waals surface area contributed by atoms with Crippen LogP contribution < -0.4 is 15.4 Å². The zero-order valence-electron chi connectivity index (χ0n) is 19.5. The van der Waals surface area contributed by atoms with Crippen LogP contribution in [0.2, 0.25) is 0 Å². The normalized spacial score (nSPS) is 18.0. The van der Waals surface area contributed by atoms with Gasteiger partial charge in [-0.25, -0.2) is 4.79 Å². The van der Waals surface area contributed by atoms with Crippen LogP contribution in [0.25, 0.3) is 0 Å². The van der Waals surface area contributed by atoms with Crippen LogP contribution in [0.1, 0.15) is 62.1 Å². The van der Waals surface area contributed by atoms with Crippen molar-refractivity contribution in [2.75, 3.05) is 20.2 Å². The number of ether oxygens (including phenoxy) is 1. The molecule has 0 spiro atoms. The first-order chi connectivity index (χ1) is 16.1. The number of amides is 3. The van der Waals surface area contributed by atoms with E-state index in [2.05, 4.69) is 10.6 Å². The summed E-state index contributed by atoms with van der Waals surface area (Å²) in [6.07, 6.45) is 7.12. The first-order valence-corrected chi connectivity index (χ1v) is 12.2. The van der Waals surface area contributed by atoms with Gasteiger partial charge in [-0.15, -0.1) is 0 Å². The van der Waals surface area contributed by atoms with Gasteiger partial charge in [0.1, 0.15) is 5.75 Å². The van der Waals surface area contributed by atoms with E-state index in [4.69, 9.17) is 4.74 Å². The number of rotatable bonds is 7. The molecule has 1 saturated carbocycles. The number of carbonyl (C=O) groups is 2. The van der Waals surface area contributed by atoms with Gasteiger partial charge in [-0.2, -0.15) is 0 Å². The zero-order chi connectivity index (χ0) is 23.0. The lowest BCUT2D eigenvalue weighted by Gasteiger charge is -2.34. The Hall–Kier alpha value is -3.02. The number of hydrogen-bond donors (Lipinski definition) is 2. The number of methoxy groups -OCH3 is 1. The lowest BCUT2D eigenvalue weighted by Crippen LogP contribution is -2.50.